The van der Waals surface area contributed by atoms with Gasteiger partial charge in [-0.25, -0.2) is 5.26 Å². The number of hydrogen-bond acceptors (Lipinski definition) is 7. The zero-order chi connectivity index (χ0) is 22.8. The first-order chi connectivity index (χ1) is 14.7. The van der Waals surface area contributed by atoms with Crippen LogP contribution in [0.2, 0.25) is 0 Å². The van der Waals surface area contributed by atoms with Gasteiger partial charge in [0.15, 0.2) is 6.29 Å². The number of carbonyl (C=O) groups is 2. The maximum absolute atomic E-state index is 10.8. The van der Waals surface area contributed by atoms with Crippen molar-refractivity contribution in [3.63, 3.8) is 0 Å². The number of nitrogen functional groups attached to an aromatic ring is 1. The normalized spacial score (nSPS) is 8.57. The Morgan fingerprint density at radius 3 is 2.23 bits per heavy atom. The van der Waals surface area contributed by atoms with Crippen LogP contribution in [0.1, 0.15) is 31.8 Å². The Balaban J connectivity index is 0.000000585. The maximum Gasteiger partial charge on any atom is 0.151 e. The number of aldehydes is 2. The molecular formula is C23H27N5O2. The van der Waals surface area contributed by atoms with Gasteiger partial charge in [-0.05, 0) is 67.1 Å². The van der Waals surface area contributed by atoms with E-state index in [1.807, 2.05) is 31.3 Å². The smallest absolute Gasteiger partial charge is 0.151 e. The van der Waals surface area contributed by atoms with E-state index in [9.17, 15) is 9.59 Å². The van der Waals surface area contributed by atoms with Gasteiger partial charge in [0.25, 0.3) is 0 Å². The summed E-state index contributed by atoms with van der Waals surface area (Å²) >= 11 is 0. The van der Waals surface area contributed by atoms with Crippen molar-refractivity contribution in [2.45, 2.75) is 6.42 Å². The monoisotopic (exact) mass is 405 g/mol. The fourth-order valence-electron chi connectivity index (χ4n) is 2.35. The van der Waals surface area contributed by atoms with E-state index in [4.69, 9.17) is 11.0 Å². The number of nitrogens with one attached hydrogen (secondary N) is 1. The first-order valence-corrected chi connectivity index (χ1v) is 8.95. The lowest BCUT2D eigenvalue weighted by molar-refractivity contribution is 0.111. The van der Waals surface area contributed by atoms with E-state index in [2.05, 4.69) is 28.7 Å². The fraction of sp³-hybridized carbons (Fsp3) is 0.130. The predicted molar refractivity (Wildman–Crippen MR) is 121 cm³/mol. The molecule has 0 saturated heterocycles. The maximum atomic E-state index is 10.8. The summed E-state index contributed by atoms with van der Waals surface area (Å²) in [6, 6.07) is 16.9. The number of hydrogen-bond donors (Lipinski definition) is 3. The predicted octanol–water partition coefficient (Wildman–Crippen LogP) is 3.32. The standard InChI is InChI=1S/C15H16N2O.C6H5NO.CH5N.CHN/c1-17-14-4-2-3-11(9-14)7-13-8-12(10-18)5-6-15(13)16;8-5-6-2-1-3-7-4-6;2*1-2/h2-6,8-10,17H,7,16H2,1H3;1-5H;2H2,1H3;1H. The van der Waals surface area contributed by atoms with Crippen LogP contribution >= 0.6 is 0 Å². The van der Waals surface area contributed by atoms with Crippen molar-refractivity contribution in [3.8, 4) is 6.57 Å². The van der Waals surface area contributed by atoms with Gasteiger partial charge in [0, 0.05) is 48.5 Å². The summed E-state index contributed by atoms with van der Waals surface area (Å²) < 4.78 is 0. The average Bonchev–Trinajstić information content (AvgIpc) is 2.84. The lowest BCUT2D eigenvalue weighted by Gasteiger charge is -2.08. The van der Waals surface area contributed by atoms with Gasteiger partial charge in [-0.1, -0.05) is 12.1 Å². The number of rotatable bonds is 5. The number of nitrogens with zero attached hydrogens (tertiary/aromatic N) is 2. The van der Waals surface area contributed by atoms with Crippen LogP contribution in [0.5, 0.6) is 0 Å². The Labute approximate surface area is 177 Å². The third-order valence-electron chi connectivity index (χ3n) is 3.73. The van der Waals surface area contributed by atoms with Gasteiger partial charge in [-0.3, -0.25) is 14.6 Å². The summed E-state index contributed by atoms with van der Waals surface area (Å²) in [4.78, 5) is 24.5. The second-order valence-electron chi connectivity index (χ2n) is 5.61. The van der Waals surface area contributed by atoms with Crippen LogP contribution in [0.25, 0.3) is 0 Å². The summed E-state index contributed by atoms with van der Waals surface area (Å²) in [6.45, 7) is 3.50. The van der Waals surface area contributed by atoms with Crippen LogP contribution in [0.3, 0.4) is 0 Å². The highest BCUT2D eigenvalue weighted by atomic mass is 16.1. The fourth-order valence-corrected chi connectivity index (χ4v) is 2.35. The summed E-state index contributed by atoms with van der Waals surface area (Å²) in [5.41, 5.74) is 15.6. The van der Waals surface area contributed by atoms with Crippen molar-refractivity contribution in [2.75, 3.05) is 25.1 Å². The van der Waals surface area contributed by atoms with Crippen molar-refractivity contribution in [1.82, 2.24) is 4.98 Å². The molecule has 1 aromatic heterocycles. The van der Waals surface area contributed by atoms with Crippen molar-refractivity contribution in [2.24, 2.45) is 5.73 Å². The molecule has 0 aliphatic rings. The molecule has 3 rings (SSSR count). The van der Waals surface area contributed by atoms with E-state index >= 15 is 0 Å². The van der Waals surface area contributed by atoms with Crippen molar-refractivity contribution in [1.29, 1.82) is 5.26 Å². The van der Waals surface area contributed by atoms with Crippen molar-refractivity contribution >= 4 is 23.9 Å². The van der Waals surface area contributed by atoms with Gasteiger partial charge in [-0.2, -0.15) is 0 Å². The highest BCUT2D eigenvalue weighted by molar-refractivity contribution is 5.76. The lowest BCUT2D eigenvalue weighted by atomic mass is 10.0. The molecule has 156 valence electrons. The van der Waals surface area contributed by atoms with Gasteiger partial charge >= 0.3 is 0 Å². The number of nitrogens with two attached hydrogens (primary N) is 2. The Hall–Kier alpha value is -4.02. The minimum Gasteiger partial charge on any atom is -0.398 e. The van der Waals surface area contributed by atoms with Crippen LogP contribution in [0.15, 0.2) is 67.0 Å². The summed E-state index contributed by atoms with van der Waals surface area (Å²) in [5, 5.41) is 9.60. The molecule has 0 aliphatic heterocycles. The molecule has 0 atom stereocenters. The molecule has 1 heterocycles. The molecule has 7 heteroatoms. The quantitative estimate of drug-likeness (QED) is 0.438. The lowest BCUT2D eigenvalue weighted by Crippen LogP contribution is -1.98. The largest absolute Gasteiger partial charge is 0.398 e. The highest BCUT2D eigenvalue weighted by Crippen LogP contribution is 2.19. The molecule has 7 nitrogen and oxygen atoms in total. The molecule has 5 N–H and O–H groups in total. The molecule has 0 radical (unpaired) electrons. The van der Waals surface area contributed by atoms with Crippen molar-refractivity contribution in [3.05, 3.63) is 89.2 Å². The summed E-state index contributed by atoms with van der Waals surface area (Å²) in [7, 11) is 3.39. The van der Waals surface area contributed by atoms with Gasteiger partial charge in [0.05, 0.1) is 0 Å². The Kier molecular flexibility index (Phi) is 13.8. The minimum atomic E-state index is 0.618. The van der Waals surface area contributed by atoms with E-state index in [0.717, 1.165) is 41.5 Å². The van der Waals surface area contributed by atoms with Crippen LogP contribution < -0.4 is 16.8 Å². The van der Waals surface area contributed by atoms with E-state index in [1.54, 1.807) is 30.5 Å². The number of anilines is 2. The molecule has 0 amide bonds. The molecule has 0 spiro atoms. The second-order valence-corrected chi connectivity index (χ2v) is 5.61. The van der Waals surface area contributed by atoms with Crippen LogP contribution in [0.4, 0.5) is 11.4 Å². The first kappa shape index (κ1) is 26.0. The highest BCUT2D eigenvalue weighted by Gasteiger charge is 2.03. The molecule has 3 aromatic rings. The molecule has 0 bridgehead atoms. The molecule has 30 heavy (non-hydrogen) atoms. The van der Waals surface area contributed by atoms with E-state index in [0.29, 0.717) is 11.1 Å². The SMILES string of the molecule is C#N.CN.CNc1cccc(Cc2cc(C=O)ccc2N)c1.O=Cc1cccnc1. The number of aromatic nitrogens is 1. The van der Waals surface area contributed by atoms with E-state index in [1.165, 1.54) is 13.2 Å². The summed E-state index contributed by atoms with van der Waals surface area (Å²) in [6.07, 6.45) is 5.49. The van der Waals surface area contributed by atoms with Crippen LogP contribution in [-0.4, -0.2) is 31.7 Å². The molecule has 0 aliphatic carbocycles. The Morgan fingerprint density at radius 2 is 1.70 bits per heavy atom. The van der Waals surface area contributed by atoms with Crippen LogP contribution in [-0.2, 0) is 6.42 Å². The Morgan fingerprint density at radius 1 is 1.00 bits per heavy atom. The van der Waals surface area contributed by atoms with E-state index < -0.39 is 0 Å². The number of nitriles is 1. The molecule has 0 fully saturated rings. The molecular weight excluding hydrogens is 378 g/mol. The van der Waals surface area contributed by atoms with Gasteiger partial charge in [0.2, 0.25) is 0 Å². The summed E-state index contributed by atoms with van der Waals surface area (Å²) in [5.74, 6) is 0. The third kappa shape index (κ3) is 9.26. The number of benzene rings is 2. The van der Waals surface area contributed by atoms with E-state index in [-0.39, 0.29) is 0 Å². The van der Waals surface area contributed by atoms with Gasteiger partial charge < -0.3 is 16.8 Å². The topological polar surface area (TPSA) is 135 Å². The van der Waals surface area contributed by atoms with Gasteiger partial charge in [0.1, 0.15) is 6.29 Å². The third-order valence-corrected chi connectivity index (χ3v) is 3.73. The molecule has 2 aromatic carbocycles. The number of carbonyl (C=O) groups excluding carboxylic acids is 2. The molecule has 0 unspecified atom stereocenters. The van der Waals surface area contributed by atoms with Crippen LogP contribution in [0, 0.1) is 11.8 Å². The average molecular weight is 406 g/mol. The Bertz CT molecular complexity index is 912. The van der Waals surface area contributed by atoms with Crippen molar-refractivity contribution < 1.29 is 9.59 Å². The zero-order valence-electron chi connectivity index (χ0n) is 17.2. The minimum absolute atomic E-state index is 0.618. The number of pyridine rings is 1. The van der Waals surface area contributed by atoms with Gasteiger partial charge in [-0.15, -0.1) is 0 Å². The zero-order valence-corrected chi connectivity index (χ0v) is 17.2. The first-order valence-electron chi connectivity index (χ1n) is 8.95. The second kappa shape index (κ2) is 16.0. The molecule has 0 saturated carbocycles.